The predicted octanol–water partition coefficient (Wildman–Crippen LogP) is 13.6. The number of hydrogen-bond acceptors (Lipinski definition) is 2. The van der Waals surface area contributed by atoms with Crippen molar-refractivity contribution in [2.45, 2.75) is 147 Å². The Morgan fingerprint density at radius 1 is 0.851 bits per heavy atom. The lowest BCUT2D eigenvalue weighted by Gasteiger charge is -2.14. The molecule has 266 valence electrons. The van der Waals surface area contributed by atoms with Crippen LogP contribution in [0.3, 0.4) is 0 Å². The molecule has 0 radical (unpaired) electrons. The summed E-state index contributed by atoms with van der Waals surface area (Å²) in [5.41, 5.74) is 8.16. The number of unbranched alkanes of at least 4 members (excludes halogenated alkanes) is 3. The second-order valence-corrected chi connectivity index (χ2v) is 13.3. The number of carbonyl (C=O) groups is 1. The highest BCUT2D eigenvalue weighted by Crippen LogP contribution is 2.18. The van der Waals surface area contributed by atoms with Gasteiger partial charge in [0.25, 0.3) is 0 Å². The highest BCUT2D eigenvalue weighted by atomic mass is 19.1. The van der Waals surface area contributed by atoms with Gasteiger partial charge in [0.1, 0.15) is 11.6 Å². The molecule has 0 aliphatic rings. The van der Waals surface area contributed by atoms with Gasteiger partial charge in [-0.15, -0.1) is 0 Å². The Labute approximate surface area is 291 Å². The van der Waals surface area contributed by atoms with Crippen LogP contribution in [-0.2, 0) is 11.2 Å². The highest BCUT2D eigenvalue weighted by molar-refractivity contribution is 5.80. The topological polar surface area (TPSA) is 29.1 Å². The van der Waals surface area contributed by atoms with Crippen LogP contribution in [0.4, 0.5) is 4.39 Å². The highest BCUT2D eigenvalue weighted by Gasteiger charge is 2.11. The molecular weight excluding hydrogens is 577 g/mol. The van der Waals surface area contributed by atoms with Crippen molar-refractivity contribution in [3.8, 4) is 0 Å². The molecule has 3 heteroatoms. The standard InChI is InChI=1S/C23H37NO.C10H18.C7H7F.C4H10/c1-6-8-12-21-14-15-22(17-19(21)4)20(5)24-16-10-11-18(3)23(25)13-9-7-2;1-8(2)6-7-10(5)9(3)4;1-6-4-2-3-5-7(6)8;1-3-4-2/h14-15,17-18,24H,5-13,16H2,1-4H3;7-8H,3,6H2,1-2,4-5H3;2-5H,1H3;3-4H2,1-2H3/b;10-7+;;. The fraction of sp³-hybridized carbons (Fsp3) is 0.568. The van der Waals surface area contributed by atoms with Crippen LogP contribution in [0.5, 0.6) is 0 Å². The maximum Gasteiger partial charge on any atom is 0.135 e. The molecule has 1 unspecified atom stereocenters. The summed E-state index contributed by atoms with van der Waals surface area (Å²) in [5.74, 6) is 1.22. The van der Waals surface area contributed by atoms with Crippen molar-refractivity contribution in [2.24, 2.45) is 11.8 Å². The normalized spacial score (nSPS) is 11.2. The number of rotatable bonds is 17. The molecule has 0 aromatic heterocycles. The molecule has 2 aromatic carbocycles. The van der Waals surface area contributed by atoms with E-state index in [0.29, 0.717) is 11.3 Å². The van der Waals surface area contributed by atoms with E-state index in [-0.39, 0.29) is 11.7 Å². The molecule has 0 fully saturated rings. The van der Waals surface area contributed by atoms with Crippen molar-refractivity contribution in [1.29, 1.82) is 0 Å². The van der Waals surface area contributed by atoms with E-state index in [1.165, 1.54) is 66.0 Å². The first kappa shape index (κ1) is 46.2. The summed E-state index contributed by atoms with van der Waals surface area (Å²) in [5, 5.41) is 3.42. The summed E-state index contributed by atoms with van der Waals surface area (Å²) in [6.07, 6.45) is 14.5. The maximum absolute atomic E-state index is 12.3. The molecule has 0 aliphatic carbocycles. The second-order valence-electron chi connectivity index (χ2n) is 13.3. The van der Waals surface area contributed by atoms with Gasteiger partial charge in [-0.3, -0.25) is 4.79 Å². The zero-order valence-corrected chi connectivity index (χ0v) is 32.5. The molecule has 0 heterocycles. The van der Waals surface area contributed by atoms with Crippen LogP contribution in [-0.4, -0.2) is 12.3 Å². The van der Waals surface area contributed by atoms with Crippen LogP contribution in [0.25, 0.3) is 5.70 Å². The Morgan fingerprint density at radius 3 is 1.94 bits per heavy atom. The van der Waals surface area contributed by atoms with Gasteiger partial charge in [-0.1, -0.05) is 135 Å². The van der Waals surface area contributed by atoms with Crippen molar-refractivity contribution >= 4 is 11.5 Å². The SMILES string of the molecule is C=C(C)/C(C)=C/CC(C)C.C=C(NCCCC(C)C(=O)CCCC)c1ccc(CCCC)c(C)c1.CCCC.Cc1ccccc1F. The number of carbonyl (C=O) groups excluding carboxylic acids is 1. The number of nitrogens with one attached hydrogen (secondary N) is 1. The van der Waals surface area contributed by atoms with Crippen LogP contribution in [0.2, 0.25) is 0 Å². The first-order chi connectivity index (χ1) is 22.2. The Hall–Kier alpha value is -2.94. The van der Waals surface area contributed by atoms with Gasteiger partial charge in [-0.05, 0) is 107 Å². The lowest BCUT2D eigenvalue weighted by atomic mass is 9.96. The molecule has 0 saturated carbocycles. The van der Waals surface area contributed by atoms with Crippen molar-refractivity contribution in [3.63, 3.8) is 0 Å². The van der Waals surface area contributed by atoms with Crippen LogP contribution < -0.4 is 5.32 Å². The summed E-state index contributed by atoms with van der Waals surface area (Å²) >= 11 is 0. The lowest BCUT2D eigenvalue weighted by molar-refractivity contribution is -0.122. The zero-order valence-electron chi connectivity index (χ0n) is 32.5. The number of halogens is 1. The van der Waals surface area contributed by atoms with E-state index in [2.05, 4.69) is 105 Å². The molecule has 2 nitrogen and oxygen atoms in total. The number of Topliss-reactive ketones (excluding diaryl/α,β-unsaturated/α-hetero) is 1. The fourth-order valence-electron chi connectivity index (χ4n) is 4.18. The van der Waals surface area contributed by atoms with Crippen LogP contribution in [0.15, 0.2) is 72.8 Å². The van der Waals surface area contributed by atoms with E-state index in [9.17, 15) is 9.18 Å². The summed E-state index contributed by atoms with van der Waals surface area (Å²) in [6, 6.07) is 13.3. The number of allylic oxidation sites excluding steroid dienone is 3. The lowest BCUT2D eigenvalue weighted by Crippen LogP contribution is -2.16. The monoisotopic (exact) mass is 650 g/mol. The van der Waals surface area contributed by atoms with E-state index in [0.717, 1.165) is 56.7 Å². The molecule has 47 heavy (non-hydrogen) atoms. The third-order valence-electron chi connectivity index (χ3n) is 8.11. The quantitative estimate of drug-likeness (QED) is 0.136. The Morgan fingerprint density at radius 2 is 1.47 bits per heavy atom. The molecule has 0 aliphatic heterocycles. The van der Waals surface area contributed by atoms with E-state index in [1.807, 2.05) is 13.0 Å². The Balaban J connectivity index is 0. The molecule has 2 aromatic rings. The summed E-state index contributed by atoms with van der Waals surface area (Å²) in [4.78, 5) is 12.0. The maximum atomic E-state index is 12.3. The minimum atomic E-state index is -0.132. The fourth-order valence-corrected chi connectivity index (χ4v) is 4.18. The van der Waals surface area contributed by atoms with E-state index in [1.54, 1.807) is 19.1 Å². The third-order valence-corrected chi connectivity index (χ3v) is 8.11. The van der Waals surface area contributed by atoms with Crippen molar-refractivity contribution in [2.75, 3.05) is 6.54 Å². The molecule has 0 spiro atoms. The first-order valence-corrected chi connectivity index (χ1v) is 18.3. The van der Waals surface area contributed by atoms with Gasteiger partial charge in [-0.25, -0.2) is 4.39 Å². The molecular formula is C44H72FNO. The van der Waals surface area contributed by atoms with Crippen molar-refractivity contribution < 1.29 is 9.18 Å². The largest absolute Gasteiger partial charge is 0.385 e. The summed E-state index contributed by atoms with van der Waals surface area (Å²) in [7, 11) is 0. The third kappa shape index (κ3) is 24.8. The van der Waals surface area contributed by atoms with E-state index in [4.69, 9.17) is 0 Å². The summed E-state index contributed by atoms with van der Waals surface area (Å²) in [6.45, 7) is 32.2. The molecule has 0 bridgehead atoms. The number of benzene rings is 2. The van der Waals surface area contributed by atoms with Gasteiger partial charge in [0.2, 0.25) is 0 Å². The van der Waals surface area contributed by atoms with Gasteiger partial charge in [-0.2, -0.15) is 0 Å². The summed E-state index contributed by atoms with van der Waals surface area (Å²) < 4.78 is 12.3. The predicted molar refractivity (Wildman–Crippen MR) is 210 cm³/mol. The molecule has 2 rings (SSSR count). The second kappa shape index (κ2) is 29.2. The minimum absolute atomic E-state index is 0.132. The van der Waals surface area contributed by atoms with Gasteiger partial charge < -0.3 is 5.32 Å². The van der Waals surface area contributed by atoms with Gasteiger partial charge in [0.05, 0.1) is 0 Å². The Bertz CT molecular complexity index is 1140. The van der Waals surface area contributed by atoms with E-state index >= 15 is 0 Å². The smallest absolute Gasteiger partial charge is 0.135 e. The average molecular weight is 650 g/mol. The van der Waals surface area contributed by atoms with Crippen molar-refractivity contribution in [3.05, 3.63) is 101 Å². The van der Waals surface area contributed by atoms with Gasteiger partial charge in [0.15, 0.2) is 0 Å². The molecule has 1 N–H and O–H groups in total. The number of ketones is 1. The Kier molecular flexibility index (Phi) is 28.7. The number of hydrogen-bond donors (Lipinski definition) is 1. The van der Waals surface area contributed by atoms with Crippen molar-refractivity contribution in [1.82, 2.24) is 5.32 Å². The zero-order chi connectivity index (χ0) is 36.2. The number of aryl methyl sites for hydroxylation is 3. The minimum Gasteiger partial charge on any atom is -0.385 e. The van der Waals surface area contributed by atoms with E-state index < -0.39 is 0 Å². The molecule has 0 amide bonds. The molecule has 0 saturated heterocycles. The van der Waals surface area contributed by atoms with Crippen LogP contribution in [0.1, 0.15) is 149 Å². The van der Waals surface area contributed by atoms with Gasteiger partial charge >= 0.3 is 0 Å². The average Bonchev–Trinajstić information content (AvgIpc) is 3.05. The first-order valence-electron chi connectivity index (χ1n) is 18.3. The van der Waals surface area contributed by atoms with Gasteiger partial charge in [0, 0.05) is 24.6 Å². The van der Waals surface area contributed by atoms with Crippen LogP contribution >= 0.6 is 0 Å². The molecule has 1 atom stereocenters. The van der Waals surface area contributed by atoms with Crippen LogP contribution in [0, 0.1) is 31.5 Å².